The molecule has 0 aromatic heterocycles. The van der Waals surface area contributed by atoms with Gasteiger partial charge in [0.15, 0.2) is 0 Å². The predicted molar refractivity (Wildman–Crippen MR) is 65.6 cm³/mol. The minimum atomic E-state index is -0.415. The summed E-state index contributed by atoms with van der Waals surface area (Å²) in [6.07, 6.45) is 0. The molecule has 1 unspecified atom stereocenters. The Bertz CT molecular complexity index is 526. The molecule has 17 heavy (non-hydrogen) atoms. The molecule has 0 bridgehead atoms. The maximum atomic E-state index is 10.7. The fraction of sp³-hybridized carbons (Fsp3) is 0.0769. The highest BCUT2D eigenvalue weighted by atomic mass is 16.6. The second-order valence-corrected chi connectivity index (χ2v) is 3.74. The quantitative estimate of drug-likeness (QED) is 0.648. The summed E-state index contributed by atoms with van der Waals surface area (Å²) >= 11 is 0. The molecule has 0 fully saturated rings. The summed E-state index contributed by atoms with van der Waals surface area (Å²) in [4.78, 5) is 10.3. The van der Waals surface area contributed by atoms with Gasteiger partial charge in [0.05, 0.1) is 11.0 Å². The van der Waals surface area contributed by atoms with Crippen LogP contribution in [0.3, 0.4) is 0 Å². The lowest BCUT2D eigenvalue weighted by molar-refractivity contribution is -0.384. The summed E-state index contributed by atoms with van der Waals surface area (Å²) in [6.45, 7) is 0. The molecule has 2 N–H and O–H groups in total. The molecular weight excluding hydrogens is 216 g/mol. The van der Waals surface area contributed by atoms with Crippen LogP contribution < -0.4 is 5.73 Å². The van der Waals surface area contributed by atoms with E-state index in [2.05, 4.69) is 0 Å². The van der Waals surface area contributed by atoms with Crippen molar-refractivity contribution in [3.05, 3.63) is 75.8 Å². The lowest BCUT2D eigenvalue weighted by atomic mass is 9.99. The van der Waals surface area contributed by atoms with Gasteiger partial charge in [0.1, 0.15) is 0 Å². The Kier molecular flexibility index (Phi) is 3.16. The lowest BCUT2D eigenvalue weighted by Crippen LogP contribution is -2.11. The molecule has 2 aromatic carbocycles. The third kappa shape index (κ3) is 2.49. The van der Waals surface area contributed by atoms with Crippen molar-refractivity contribution in [2.45, 2.75) is 6.04 Å². The Labute approximate surface area is 98.8 Å². The highest BCUT2D eigenvalue weighted by molar-refractivity contribution is 5.39. The molecule has 0 aliphatic heterocycles. The smallest absolute Gasteiger partial charge is 0.269 e. The highest BCUT2D eigenvalue weighted by Crippen LogP contribution is 2.22. The van der Waals surface area contributed by atoms with Gasteiger partial charge >= 0.3 is 0 Å². The van der Waals surface area contributed by atoms with Gasteiger partial charge in [-0.25, -0.2) is 0 Å². The Morgan fingerprint density at radius 3 is 2.29 bits per heavy atom. The zero-order chi connectivity index (χ0) is 12.3. The number of benzene rings is 2. The number of hydrogen-bond donors (Lipinski definition) is 1. The molecule has 0 aliphatic rings. The van der Waals surface area contributed by atoms with E-state index < -0.39 is 4.92 Å². The van der Waals surface area contributed by atoms with Gasteiger partial charge in [-0.2, -0.15) is 0 Å². The topological polar surface area (TPSA) is 69.2 Å². The van der Waals surface area contributed by atoms with E-state index in [0.29, 0.717) is 0 Å². The van der Waals surface area contributed by atoms with Crippen LogP contribution >= 0.6 is 0 Å². The Morgan fingerprint density at radius 1 is 1.00 bits per heavy atom. The minimum absolute atomic E-state index is 0.0638. The molecule has 2 aromatic rings. The van der Waals surface area contributed by atoms with E-state index >= 15 is 0 Å². The molecule has 4 nitrogen and oxygen atoms in total. The predicted octanol–water partition coefficient (Wildman–Crippen LogP) is 2.64. The van der Waals surface area contributed by atoms with Crippen LogP contribution in [0.2, 0.25) is 0 Å². The van der Waals surface area contributed by atoms with Crippen LogP contribution in [0.25, 0.3) is 0 Å². The van der Waals surface area contributed by atoms with Crippen LogP contribution in [0.15, 0.2) is 54.6 Å². The van der Waals surface area contributed by atoms with E-state index in [0.717, 1.165) is 11.1 Å². The van der Waals surface area contributed by atoms with Gasteiger partial charge in [-0.15, -0.1) is 0 Å². The van der Waals surface area contributed by atoms with Crippen LogP contribution in [0, 0.1) is 10.1 Å². The Morgan fingerprint density at radius 2 is 1.65 bits per heavy atom. The lowest BCUT2D eigenvalue weighted by Gasteiger charge is -2.11. The normalized spacial score (nSPS) is 12.1. The first-order valence-electron chi connectivity index (χ1n) is 5.23. The third-order valence-corrected chi connectivity index (χ3v) is 2.60. The van der Waals surface area contributed by atoms with Gasteiger partial charge in [0, 0.05) is 12.1 Å². The number of hydrogen-bond acceptors (Lipinski definition) is 3. The first kappa shape index (κ1) is 11.3. The van der Waals surface area contributed by atoms with Crippen LogP contribution in [0.4, 0.5) is 5.69 Å². The van der Waals surface area contributed by atoms with Gasteiger partial charge < -0.3 is 5.73 Å². The number of nitro groups is 1. The van der Waals surface area contributed by atoms with E-state index in [1.54, 1.807) is 12.1 Å². The fourth-order valence-electron chi connectivity index (χ4n) is 1.68. The van der Waals surface area contributed by atoms with Crippen LogP contribution in [-0.2, 0) is 0 Å². The Balaban J connectivity index is 2.34. The SMILES string of the molecule is NC(c1ccccc1)c1cccc([N+](=O)[O-])c1. The van der Waals surface area contributed by atoms with Gasteiger partial charge in [0.2, 0.25) is 0 Å². The van der Waals surface area contributed by atoms with Gasteiger partial charge in [-0.1, -0.05) is 42.5 Å². The van der Waals surface area contributed by atoms with Crippen molar-refractivity contribution < 1.29 is 4.92 Å². The van der Waals surface area contributed by atoms with Crippen molar-refractivity contribution in [3.8, 4) is 0 Å². The second kappa shape index (κ2) is 4.76. The summed E-state index contributed by atoms with van der Waals surface area (Å²) in [5, 5.41) is 10.7. The zero-order valence-corrected chi connectivity index (χ0v) is 9.11. The van der Waals surface area contributed by atoms with E-state index in [1.807, 2.05) is 30.3 Å². The monoisotopic (exact) mass is 228 g/mol. The molecule has 0 spiro atoms. The molecule has 0 saturated heterocycles. The third-order valence-electron chi connectivity index (χ3n) is 2.60. The Hall–Kier alpha value is -2.20. The van der Waals surface area contributed by atoms with E-state index in [4.69, 9.17) is 5.73 Å². The summed E-state index contributed by atoms with van der Waals surface area (Å²) in [6, 6.07) is 15.6. The van der Waals surface area contributed by atoms with E-state index in [9.17, 15) is 10.1 Å². The molecular formula is C13H12N2O2. The van der Waals surface area contributed by atoms with E-state index in [-0.39, 0.29) is 11.7 Å². The molecule has 1 atom stereocenters. The summed E-state index contributed by atoms with van der Waals surface area (Å²) in [5.41, 5.74) is 7.81. The van der Waals surface area contributed by atoms with Crippen molar-refractivity contribution in [1.82, 2.24) is 0 Å². The van der Waals surface area contributed by atoms with Crippen LogP contribution in [0.1, 0.15) is 17.2 Å². The number of nitrogens with zero attached hydrogens (tertiary/aromatic N) is 1. The van der Waals surface area contributed by atoms with Crippen LogP contribution in [0.5, 0.6) is 0 Å². The van der Waals surface area contributed by atoms with Crippen molar-refractivity contribution in [2.75, 3.05) is 0 Å². The zero-order valence-electron chi connectivity index (χ0n) is 9.11. The molecule has 4 heteroatoms. The van der Waals surface area contributed by atoms with Crippen LogP contribution in [-0.4, -0.2) is 4.92 Å². The average molecular weight is 228 g/mol. The van der Waals surface area contributed by atoms with Crippen molar-refractivity contribution in [1.29, 1.82) is 0 Å². The molecule has 0 heterocycles. The minimum Gasteiger partial charge on any atom is -0.320 e. The number of nitro benzene ring substituents is 1. The number of nitrogens with two attached hydrogens (primary N) is 1. The van der Waals surface area contributed by atoms with Crippen molar-refractivity contribution >= 4 is 5.69 Å². The summed E-state index contributed by atoms with van der Waals surface area (Å²) in [5.74, 6) is 0. The van der Waals surface area contributed by atoms with Crippen molar-refractivity contribution in [3.63, 3.8) is 0 Å². The first-order chi connectivity index (χ1) is 8.18. The van der Waals surface area contributed by atoms with Gasteiger partial charge in [-0.05, 0) is 11.1 Å². The highest BCUT2D eigenvalue weighted by Gasteiger charge is 2.12. The van der Waals surface area contributed by atoms with Crippen molar-refractivity contribution in [2.24, 2.45) is 5.73 Å². The molecule has 2 rings (SSSR count). The molecule has 86 valence electrons. The first-order valence-corrected chi connectivity index (χ1v) is 5.23. The summed E-state index contributed by atoms with van der Waals surface area (Å²) in [7, 11) is 0. The standard InChI is InChI=1S/C13H12N2O2/c14-13(10-5-2-1-3-6-10)11-7-4-8-12(9-11)15(16)17/h1-9,13H,14H2. The molecule has 0 radical (unpaired) electrons. The largest absolute Gasteiger partial charge is 0.320 e. The number of non-ortho nitro benzene ring substituents is 1. The maximum absolute atomic E-state index is 10.7. The molecule has 0 amide bonds. The maximum Gasteiger partial charge on any atom is 0.269 e. The van der Waals surface area contributed by atoms with E-state index in [1.165, 1.54) is 12.1 Å². The fourth-order valence-corrected chi connectivity index (χ4v) is 1.68. The van der Waals surface area contributed by atoms with Gasteiger partial charge in [-0.3, -0.25) is 10.1 Å². The molecule has 0 saturated carbocycles. The summed E-state index contributed by atoms with van der Waals surface area (Å²) < 4.78 is 0. The second-order valence-electron chi connectivity index (χ2n) is 3.74. The average Bonchev–Trinajstić information content (AvgIpc) is 2.39. The molecule has 0 aliphatic carbocycles. The number of rotatable bonds is 3. The van der Waals surface area contributed by atoms with Gasteiger partial charge in [0.25, 0.3) is 5.69 Å².